The monoisotopic (exact) mass is 260 g/mol. The number of aliphatic carboxylic acids is 1. The summed E-state index contributed by atoms with van der Waals surface area (Å²) in [5.41, 5.74) is -0.454. The van der Waals surface area contributed by atoms with Crippen molar-refractivity contribution in [3.05, 3.63) is 22.2 Å². The van der Waals surface area contributed by atoms with Gasteiger partial charge >= 0.3 is 5.97 Å². The fourth-order valence-corrected chi connectivity index (χ4v) is 1.32. The second-order valence-corrected chi connectivity index (χ2v) is 3.37. The molecule has 0 amide bonds. The first kappa shape index (κ1) is 10.5. The van der Waals surface area contributed by atoms with Crippen LogP contribution in [0.4, 0.5) is 0 Å². The minimum atomic E-state index is -1.70. The molecule has 6 heteroatoms. The van der Waals surface area contributed by atoms with Gasteiger partial charge in [0.2, 0.25) is 0 Å². The summed E-state index contributed by atoms with van der Waals surface area (Å²) in [6.07, 6.45) is 0. The van der Waals surface area contributed by atoms with Gasteiger partial charge in [0.25, 0.3) is 5.78 Å². The van der Waals surface area contributed by atoms with Crippen LogP contribution in [0, 0.1) is 0 Å². The van der Waals surface area contributed by atoms with Gasteiger partial charge in [0.1, 0.15) is 0 Å². The number of hydrogen-bond donors (Lipinski definition) is 3. The molecule has 0 heterocycles. The number of rotatable bonds is 2. The number of phenolic OH excluding ortho intramolecular Hbond substituents is 2. The zero-order valence-corrected chi connectivity index (χ0v) is 8.28. The molecule has 0 aliphatic carbocycles. The van der Waals surface area contributed by atoms with Gasteiger partial charge in [-0.2, -0.15) is 0 Å². The molecule has 3 N–H and O–H groups in total. The summed E-state index contributed by atoms with van der Waals surface area (Å²) in [5.74, 6) is -4.26. The van der Waals surface area contributed by atoms with Crippen molar-refractivity contribution in [3.8, 4) is 11.5 Å². The lowest BCUT2D eigenvalue weighted by atomic mass is 10.1. The lowest BCUT2D eigenvalue weighted by Crippen LogP contribution is -2.12. The SMILES string of the molecule is O=C(O)C(=O)c1cc(Br)cc(O)c1O. The minimum Gasteiger partial charge on any atom is -0.504 e. The highest BCUT2D eigenvalue weighted by atomic mass is 79.9. The Morgan fingerprint density at radius 3 is 2.29 bits per heavy atom. The molecule has 0 aliphatic heterocycles. The van der Waals surface area contributed by atoms with E-state index in [-0.39, 0.29) is 0 Å². The predicted octanol–water partition coefficient (Wildman–Crippen LogP) is 1.13. The number of carbonyl (C=O) groups is 2. The van der Waals surface area contributed by atoms with Crippen molar-refractivity contribution in [1.29, 1.82) is 0 Å². The molecule has 0 fully saturated rings. The summed E-state index contributed by atoms with van der Waals surface area (Å²) < 4.78 is 0.303. The van der Waals surface area contributed by atoms with E-state index < -0.39 is 28.8 Å². The van der Waals surface area contributed by atoms with Gasteiger partial charge in [-0.05, 0) is 12.1 Å². The summed E-state index contributed by atoms with van der Waals surface area (Å²) in [5, 5.41) is 26.7. The smallest absolute Gasteiger partial charge is 0.377 e. The summed E-state index contributed by atoms with van der Waals surface area (Å²) in [6, 6.07) is 2.26. The number of hydrogen-bond acceptors (Lipinski definition) is 4. The molecule has 0 spiro atoms. The van der Waals surface area contributed by atoms with Crippen molar-refractivity contribution >= 4 is 27.7 Å². The average molecular weight is 261 g/mol. The predicted molar refractivity (Wildman–Crippen MR) is 49.4 cm³/mol. The number of phenols is 2. The third kappa shape index (κ3) is 1.85. The van der Waals surface area contributed by atoms with Crippen LogP contribution in [0.3, 0.4) is 0 Å². The van der Waals surface area contributed by atoms with Crippen molar-refractivity contribution < 1.29 is 24.9 Å². The van der Waals surface area contributed by atoms with Crippen LogP contribution in [-0.2, 0) is 4.79 Å². The van der Waals surface area contributed by atoms with E-state index in [2.05, 4.69) is 15.9 Å². The second kappa shape index (κ2) is 3.67. The second-order valence-electron chi connectivity index (χ2n) is 2.46. The number of carboxylic acid groups (broad SMARTS) is 1. The molecule has 0 saturated heterocycles. The number of halogens is 1. The van der Waals surface area contributed by atoms with Crippen LogP contribution in [0.2, 0.25) is 0 Å². The highest BCUT2D eigenvalue weighted by Crippen LogP contribution is 2.32. The first-order valence-corrected chi connectivity index (χ1v) is 4.22. The van der Waals surface area contributed by atoms with Gasteiger partial charge in [-0.3, -0.25) is 4.79 Å². The van der Waals surface area contributed by atoms with E-state index in [0.29, 0.717) is 4.47 Å². The van der Waals surface area contributed by atoms with Gasteiger partial charge in [-0.25, -0.2) is 4.79 Å². The van der Waals surface area contributed by atoms with Crippen LogP contribution in [0.5, 0.6) is 11.5 Å². The Balaban J connectivity index is 3.34. The van der Waals surface area contributed by atoms with Crippen LogP contribution < -0.4 is 0 Å². The van der Waals surface area contributed by atoms with Crippen molar-refractivity contribution in [3.63, 3.8) is 0 Å². The molecular weight excluding hydrogens is 256 g/mol. The van der Waals surface area contributed by atoms with E-state index in [0.717, 1.165) is 12.1 Å². The van der Waals surface area contributed by atoms with Crippen LogP contribution in [0.1, 0.15) is 10.4 Å². The molecule has 0 saturated carbocycles. The summed E-state index contributed by atoms with van der Waals surface area (Å²) in [7, 11) is 0. The van der Waals surface area contributed by atoms with E-state index in [1.807, 2.05) is 0 Å². The van der Waals surface area contributed by atoms with Crippen molar-refractivity contribution in [1.82, 2.24) is 0 Å². The molecule has 5 nitrogen and oxygen atoms in total. The number of ketones is 1. The van der Waals surface area contributed by atoms with Crippen LogP contribution in [0.25, 0.3) is 0 Å². The maximum absolute atomic E-state index is 11.0. The summed E-state index contributed by atoms with van der Waals surface area (Å²) in [4.78, 5) is 21.3. The van der Waals surface area contributed by atoms with Gasteiger partial charge in [0.15, 0.2) is 11.5 Å². The number of Topliss-reactive ketones (excluding diaryl/α,β-unsaturated/α-hetero) is 1. The summed E-state index contributed by atoms with van der Waals surface area (Å²) in [6.45, 7) is 0. The fraction of sp³-hybridized carbons (Fsp3) is 0. The van der Waals surface area contributed by atoms with Gasteiger partial charge < -0.3 is 15.3 Å². The van der Waals surface area contributed by atoms with Gasteiger partial charge in [0.05, 0.1) is 5.56 Å². The standard InChI is InChI=1S/C8H5BrO5/c9-3-1-4(7(12)8(13)14)6(11)5(10)2-3/h1-2,10-11H,(H,13,14). The van der Waals surface area contributed by atoms with Gasteiger partial charge in [-0.15, -0.1) is 0 Å². The normalized spacial score (nSPS) is 9.79. The number of aromatic hydroxyl groups is 2. The number of benzene rings is 1. The number of carboxylic acids is 1. The molecule has 0 atom stereocenters. The maximum atomic E-state index is 11.0. The molecule has 0 unspecified atom stereocenters. The van der Waals surface area contributed by atoms with Crippen molar-refractivity contribution in [2.24, 2.45) is 0 Å². The zero-order chi connectivity index (χ0) is 10.9. The van der Waals surface area contributed by atoms with Gasteiger partial charge in [0, 0.05) is 4.47 Å². The molecule has 0 aliphatic rings. The fourth-order valence-electron chi connectivity index (χ4n) is 0.873. The number of carbonyl (C=O) groups excluding carboxylic acids is 1. The van der Waals surface area contributed by atoms with Crippen LogP contribution in [0.15, 0.2) is 16.6 Å². The molecule has 74 valence electrons. The first-order chi connectivity index (χ1) is 6.43. The molecule has 0 bridgehead atoms. The highest BCUT2D eigenvalue weighted by molar-refractivity contribution is 9.10. The Labute approximate surface area is 86.7 Å². The van der Waals surface area contributed by atoms with E-state index in [1.165, 1.54) is 0 Å². The van der Waals surface area contributed by atoms with Crippen molar-refractivity contribution in [2.45, 2.75) is 0 Å². The zero-order valence-electron chi connectivity index (χ0n) is 6.69. The van der Waals surface area contributed by atoms with E-state index in [4.69, 9.17) is 10.2 Å². The summed E-state index contributed by atoms with van der Waals surface area (Å²) >= 11 is 2.95. The Hall–Kier alpha value is -1.56. The Bertz CT molecular complexity index is 412. The molecule has 14 heavy (non-hydrogen) atoms. The first-order valence-electron chi connectivity index (χ1n) is 3.42. The lowest BCUT2D eigenvalue weighted by molar-refractivity contribution is -0.131. The largest absolute Gasteiger partial charge is 0.504 e. The van der Waals surface area contributed by atoms with Crippen molar-refractivity contribution in [2.75, 3.05) is 0 Å². The van der Waals surface area contributed by atoms with Crippen LogP contribution in [-0.4, -0.2) is 27.1 Å². The molecule has 0 aromatic heterocycles. The topological polar surface area (TPSA) is 94.8 Å². The highest BCUT2D eigenvalue weighted by Gasteiger charge is 2.21. The van der Waals surface area contributed by atoms with E-state index in [1.54, 1.807) is 0 Å². The molecular formula is C8H5BrO5. The van der Waals surface area contributed by atoms with Crippen LogP contribution >= 0.6 is 15.9 Å². The van der Waals surface area contributed by atoms with Gasteiger partial charge in [-0.1, -0.05) is 15.9 Å². The third-order valence-corrected chi connectivity index (χ3v) is 1.95. The molecule has 0 radical (unpaired) electrons. The third-order valence-electron chi connectivity index (χ3n) is 1.49. The minimum absolute atomic E-state index is 0.303. The Morgan fingerprint density at radius 1 is 1.21 bits per heavy atom. The van der Waals surface area contributed by atoms with E-state index >= 15 is 0 Å². The maximum Gasteiger partial charge on any atom is 0.377 e. The molecule has 1 aromatic carbocycles. The molecule has 1 rings (SSSR count). The average Bonchev–Trinajstić information content (AvgIpc) is 2.09. The Morgan fingerprint density at radius 2 is 1.79 bits per heavy atom. The lowest BCUT2D eigenvalue weighted by Gasteiger charge is -2.03. The quantitative estimate of drug-likeness (QED) is 0.421. The van der Waals surface area contributed by atoms with E-state index in [9.17, 15) is 14.7 Å². The molecule has 1 aromatic rings. The Kier molecular flexibility index (Phi) is 2.76.